The number of ether oxygens (including phenoxy) is 1. The van der Waals surface area contributed by atoms with Crippen molar-refractivity contribution < 1.29 is 9.84 Å². The van der Waals surface area contributed by atoms with Crippen LogP contribution in [0.25, 0.3) is 0 Å². The lowest BCUT2D eigenvalue weighted by molar-refractivity contribution is -0.0767. The lowest BCUT2D eigenvalue weighted by Crippen LogP contribution is -2.58. The van der Waals surface area contributed by atoms with Gasteiger partial charge in [-0.25, -0.2) is 0 Å². The second-order valence-corrected chi connectivity index (χ2v) is 4.01. The molecule has 14 heavy (non-hydrogen) atoms. The van der Waals surface area contributed by atoms with Crippen LogP contribution >= 0.6 is 0 Å². The third-order valence-electron chi connectivity index (χ3n) is 2.50. The second-order valence-electron chi connectivity index (χ2n) is 4.01. The van der Waals surface area contributed by atoms with Crippen LogP contribution in [0.2, 0.25) is 0 Å². The molecule has 0 radical (unpaired) electrons. The quantitative estimate of drug-likeness (QED) is 0.759. The van der Waals surface area contributed by atoms with E-state index in [1.165, 1.54) is 0 Å². The van der Waals surface area contributed by atoms with Crippen molar-refractivity contribution >= 4 is 0 Å². The number of hydrogen-bond acceptors (Lipinski definition) is 3. The Morgan fingerprint density at radius 1 is 1.50 bits per heavy atom. The van der Waals surface area contributed by atoms with Gasteiger partial charge in [-0.15, -0.1) is 0 Å². The van der Waals surface area contributed by atoms with Gasteiger partial charge in [-0.1, -0.05) is 12.1 Å². The Kier molecular flexibility index (Phi) is 2.44. The van der Waals surface area contributed by atoms with E-state index in [0.29, 0.717) is 12.4 Å². The number of phenols is 1. The largest absolute Gasteiger partial charge is 0.508 e. The molecule has 0 spiro atoms. The SMILES string of the molecule is CC1(OCc2cccc(O)c2)CNC1. The highest BCUT2D eigenvalue weighted by molar-refractivity contribution is 5.26. The molecular formula is C11H15NO2. The van der Waals surface area contributed by atoms with Crippen molar-refractivity contribution in [1.29, 1.82) is 0 Å². The van der Waals surface area contributed by atoms with Crippen molar-refractivity contribution in [2.45, 2.75) is 19.1 Å². The summed E-state index contributed by atoms with van der Waals surface area (Å²) in [6, 6.07) is 7.18. The molecule has 3 heteroatoms. The fourth-order valence-electron chi connectivity index (χ4n) is 1.48. The van der Waals surface area contributed by atoms with Crippen LogP contribution in [0.5, 0.6) is 5.75 Å². The highest BCUT2D eigenvalue weighted by Crippen LogP contribution is 2.19. The molecule has 1 saturated heterocycles. The monoisotopic (exact) mass is 193 g/mol. The van der Waals surface area contributed by atoms with Gasteiger partial charge in [0.05, 0.1) is 12.2 Å². The van der Waals surface area contributed by atoms with Gasteiger partial charge < -0.3 is 15.2 Å². The van der Waals surface area contributed by atoms with E-state index in [-0.39, 0.29) is 5.60 Å². The Morgan fingerprint density at radius 2 is 2.29 bits per heavy atom. The molecule has 1 aromatic rings. The molecule has 3 nitrogen and oxygen atoms in total. The van der Waals surface area contributed by atoms with Gasteiger partial charge in [0, 0.05) is 13.1 Å². The first-order valence-corrected chi connectivity index (χ1v) is 4.81. The van der Waals surface area contributed by atoms with E-state index >= 15 is 0 Å². The van der Waals surface area contributed by atoms with Crippen molar-refractivity contribution in [2.75, 3.05) is 13.1 Å². The number of hydrogen-bond donors (Lipinski definition) is 2. The summed E-state index contributed by atoms with van der Waals surface area (Å²) in [6.45, 7) is 4.47. The molecule has 0 saturated carbocycles. The van der Waals surface area contributed by atoms with E-state index in [0.717, 1.165) is 18.7 Å². The lowest BCUT2D eigenvalue weighted by Gasteiger charge is -2.39. The molecule has 1 heterocycles. The molecule has 2 N–H and O–H groups in total. The standard InChI is InChI=1S/C11H15NO2/c1-11(7-12-8-11)14-6-9-3-2-4-10(13)5-9/h2-5,12-13H,6-8H2,1H3. The highest BCUT2D eigenvalue weighted by atomic mass is 16.5. The fourth-order valence-corrected chi connectivity index (χ4v) is 1.48. The fraction of sp³-hybridized carbons (Fsp3) is 0.455. The maximum Gasteiger partial charge on any atom is 0.115 e. The van der Waals surface area contributed by atoms with Crippen LogP contribution in [-0.2, 0) is 11.3 Å². The minimum atomic E-state index is -0.0224. The predicted octanol–water partition coefficient (Wildman–Crippen LogP) is 1.27. The van der Waals surface area contributed by atoms with E-state index < -0.39 is 0 Å². The van der Waals surface area contributed by atoms with Gasteiger partial charge in [0.15, 0.2) is 0 Å². The van der Waals surface area contributed by atoms with Crippen molar-refractivity contribution in [3.8, 4) is 5.75 Å². The summed E-state index contributed by atoms with van der Waals surface area (Å²) in [5.74, 6) is 0.294. The van der Waals surface area contributed by atoms with Crippen LogP contribution in [0.3, 0.4) is 0 Å². The summed E-state index contributed by atoms with van der Waals surface area (Å²) < 4.78 is 5.73. The molecule has 1 fully saturated rings. The van der Waals surface area contributed by atoms with Gasteiger partial charge in [-0.2, -0.15) is 0 Å². The molecule has 0 amide bonds. The van der Waals surface area contributed by atoms with Crippen LogP contribution in [0.15, 0.2) is 24.3 Å². The minimum Gasteiger partial charge on any atom is -0.508 e. The predicted molar refractivity (Wildman–Crippen MR) is 54.2 cm³/mol. The third-order valence-corrected chi connectivity index (χ3v) is 2.50. The first kappa shape index (κ1) is 9.49. The first-order chi connectivity index (χ1) is 6.68. The summed E-state index contributed by atoms with van der Waals surface area (Å²) in [5.41, 5.74) is 0.990. The van der Waals surface area contributed by atoms with Crippen LogP contribution in [0, 0.1) is 0 Å². The van der Waals surface area contributed by atoms with E-state index in [1.54, 1.807) is 12.1 Å². The van der Waals surface area contributed by atoms with E-state index in [2.05, 4.69) is 12.2 Å². The van der Waals surface area contributed by atoms with E-state index in [9.17, 15) is 5.11 Å². The molecule has 1 aliphatic rings. The van der Waals surface area contributed by atoms with E-state index in [1.807, 2.05) is 12.1 Å². The van der Waals surface area contributed by atoms with Gasteiger partial charge in [-0.3, -0.25) is 0 Å². The topological polar surface area (TPSA) is 41.5 Å². The Morgan fingerprint density at radius 3 is 2.86 bits per heavy atom. The number of aromatic hydroxyl groups is 1. The smallest absolute Gasteiger partial charge is 0.115 e. The third kappa shape index (κ3) is 2.05. The molecule has 2 rings (SSSR count). The molecule has 0 unspecified atom stereocenters. The Balaban J connectivity index is 1.91. The average Bonchev–Trinajstić information content (AvgIpc) is 2.12. The van der Waals surface area contributed by atoms with Gasteiger partial charge in [0.25, 0.3) is 0 Å². The van der Waals surface area contributed by atoms with Crippen molar-refractivity contribution in [2.24, 2.45) is 0 Å². The summed E-state index contributed by atoms with van der Waals surface area (Å²) in [4.78, 5) is 0. The minimum absolute atomic E-state index is 0.0224. The molecule has 0 aliphatic carbocycles. The molecule has 76 valence electrons. The molecule has 1 aliphatic heterocycles. The zero-order valence-electron chi connectivity index (χ0n) is 8.29. The van der Waals surface area contributed by atoms with Crippen LogP contribution < -0.4 is 5.32 Å². The van der Waals surface area contributed by atoms with Gasteiger partial charge in [-0.05, 0) is 24.6 Å². The zero-order valence-corrected chi connectivity index (χ0v) is 8.29. The van der Waals surface area contributed by atoms with E-state index in [4.69, 9.17) is 4.74 Å². The number of phenolic OH excluding ortho intramolecular Hbond substituents is 1. The zero-order chi connectivity index (χ0) is 10.0. The number of rotatable bonds is 3. The van der Waals surface area contributed by atoms with Crippen molar-refractivity contribution in [3.63, 3.8) is 0 Å². The molecular weight excluding hydrogens is 178 g/mol. The summed E-state index contributed by atoms with van der Waals surface area (Å²) in [6.07, 6.45) is 0. The normalized spacial score (nSPS) is 18.9. The van der Waals surface area contributed by atoms with Crippen LogP contribution in [-0.4, -0.2) is 23.8 Å². The highest BCUT2D eigenvalue weighted by Gasteiger charge is 2.32. The Hall–Kier alpha value is -1.06. The maximum absolute atomic E-state index is 9.25. The summed E-state index contributed by atoms with van der Waals surface area (Å²) in [5, 5.41) is 12.4. The first-order valence-electron chi connectivity index (χ1n) is 4.81. The number of nitrogens with one attached hydrogen (secondary N) is 1. The second kappa shape index (κ2) is 3.59. The Labute approximate surface area is 83.7 Å². The van der Waals surface area contributed by atoms with Gasteiger partial charge >= 0.3 is 0 Å². The number of benzene rings is 1. The van der Waals surface area contributed by atoms with Crippen LogP contribution in [0.4, 0.5) is 0 Å². The average molecular weight is 193 g/mol. The van der Waals surface area contributed by atoms with Crippen molar-refractivity contribution in [3.05, 3.63) is 29.8 Å². The van der Waals surface area contributed by atoms with Crippen LogP contribution in [0.1, 0.15) is 12.5 Å². The summed E-state index contributed by atoms with van der Waals surface area (Å²) >= 11 is 0. The van der Waals surface area contributed by atoms with Crippen molar-refractivity contribution in [1.82, 2.24) is 5.32 Å². The molecule has 0 aromatic heterocycles. The molecule has 0 bridgehead atoms. The Bertz CT molecular complexity index is 321. The maximum atomic E-state index is 9.25. The lowest BCUT2D eigenvalue weighted by atomic mass is 10.00. The molecule has 0 atom stereocenters. The van der Waals surface area contributed by atoms with Gasteiger partial charge in [0.1, 0.15) is 5.75 Å². The molecule has 1 aromatic carbocycles. The summed E-state index contributed by atoms with van der Waals surface area (Å²) in [7, 11) is 0. The van der Waals surface area contributed by atoms with Gasteiger partial charge in [0.2, 0.25) is 0 Å².